The molecule has 2 nitrogen and oxygen atoms in total. The maximum Gasteiger partial charge on any atom is 0.330 e. The molecule has 0 amide bonds. The lowest BCUT2D eigenvalue weighted by molar-refractivity contribution is -0.137. The Labute approximate surface area is 217 Å². The lowest BCUT2D eigenvalue weighted by Crippen LogP contribution is -2.01. The highest BCUT2D eigenvalue weighted by molar-refractivity contribution is 14.2. The summed E-state index contributed by atoms with van der Waals surface area (Å²) in [4.78, 5) is 11.2. The van der Waals surface area contributed by atoms with Crippen molar-refractivity contribution in [2.75, 3.05) is 6.61 Å². The van der Waals surface area contributed by atoms with E-state index in [9.17, 15) is 4.79 Å². The van der Waals surface area contributed by atoms with Gasteiger partial charge in [0.05, 0.1) is 6.61 Å². The van der Waals surface area contributed by atoms with Crippen LogP contribution < -0.4 is 0 Å². The molecule has 30 heavy (non-hydrogen) atoms. The standard InChI is InChI=1S/C25H48I2O2Si/c1-2-21-24(28)29-22-19-17-15-13-11-9-7-5-3-4-6-8-10-12-14-16-18-20-23-30-25(26)27/h2,21,25H,3-20,22-23,30H2,1H3. The van der Waals surface area contributed by atoms with E-state index in [0.29, 0.717) is 6.61 Å². The van der Waals surface area contributed by atoms with Crippen molar-refractivity contribution < 1.29 is 9.53 Å². The van der Waals surface area contributed by atoms with Gasteiger partial charge in [0.15, 0.2) is 0 Å². The van der Waals surface area contributed by atoms with Gasteiger partial charge in [-0.1, -0.05) is 166 Å². The average Bonchev–Trinajstić information content (AvgIpc) is 2.71. The van der Waals surface area contributed by atoms with Crippen molar-refractivity contribution in [2.24, 2.45) is 0 Å². The van der Waals surface area contributed by atoms with Gasteiger partial charge in [0, 0.05) is 17.2 Å². The molecule has 0 unspecified atom stereocenters. The fourth-order valence-electron chi connectivity index (χ4n) is 3.76. The van der Waals surface area contributed by atoms with Gasteiger partial charge in [-0.2, -0.15) is 0 Å². The first kappa shape index (κ1) is 30.9. The molecule has 0 bridgehead atoms. The summed E-state index contributed by atoms with van der Waals surface area (Å²) >= 11 is 5.18. The van der Waals surface area contributed by atoms with E-state index in [1.807, 2.05) is 6.92 Å². The van der Waals surface area contributed by atoms with E-state index >= 15 is 0 Å². The summed E-state index contributed by atoms with van der Waals surface area (Å²) in [5, 5.41) is 0. The molecule has 0 atom stereocenters. The predicted octanol–water partition coefficient (Wildman–Crippen LogP) is 8.87. The number of allylic oxidation sites excluding steroid dienone is 1. The smallest absolute Gasteiger partial charge is 0.330 e. The quantitative estimate of drug-likeness (QED) is 0.0273. The van der Waals surface area contributed by atoms with Gasteiger partial charge in [0.25, 0.3) is 0 Å². The first-order valence-electron chi connectivity index (χ1n) is 12.7. The molecule has 0 saturated heterocycles. The normalized spacial score (nSPS) is 12.0. The molecule has 0 radical (unpaired) electrons. The Bertz CT molecular complexity index is 389. The SMILES string of the molecule is CC=CC(=O)OCCCCCCCCCCCCCCCCCCCC[SiH2]C(I)I. The minimum absolute atomic E-state index is 0.207. The Kier molecular flexibility index (Phi) is 26.9. The van der Waals surface area contributed by atoms with Gasteiger partial charge < -0.3 is 4.74 Å². The molecule has 0 aromatic rings. The Morgan fingerprint density at radius 1 is 0.700 bits per heavy atom. The highest BCUT2D eigenvalue weighted by Crippen LogP contribution is 2.15. The maximum atomic E-state index is 11.2. The van der Waals surface area contributed by atoms with Crippen LogP contribution in [0.4, 0.5) is 0 Å². The van der Waals surface area contributed by atoms with Crippen LogP contribution in [0, 0.1) is 0 Å². The molecule has 0 rings (SSSR count). The van der Waals surface area contributed by atoms with Crippen LogP contribution >= 0.6 is 45.2 Å². The molecule has 0 aliphatic carbocycles. The minimum atomic E-state index is -0.207. The molecule has 0 aliphatic heterocycles. The molecular formula is C25H48I2O2Si. The molecule has 0 heterocycles. The van der Waals surface area contributed by atoms with Crippen LogP contribution in [0.3, 0.4) is 0 Å². The second-order valence-corrected chi connectivity index (χ2v) is 19.4. The van der Waals surface area contributed by atoms with Gasteiger partial charge in [0.1, 0.15) is 0 Å². The Balaban J connectivity index is 3.06. The summed E-state index contributed by atoms with van der Waals surface area (Å²) in [6.07, 6.45) is 28.3. The number of esters is 1. The Morgan fingerprint density at radius 2 is 1.07 bits per heavy atom. The van der Waals surface area contributed by atoms with Crippen LogP contribution in [0.15, 0.2) is 12.2 Å². The lowest BCUT2D eigenvalue weighted by Gasteiger charge is -2.04. The zero-order chi connectivity index (χ0) is 22.1. The molecule has 0 aliphatic rings. The highest BCUT2D eigenvalue weighted by Gasteiger charge is 1.99. The van der Waals surface area contributed by atoms with Crippen molar-refractivity contribution in [3.63, 3.8) is 0 Å². The highest BCUT2D eigenvalue weighted by atomic mass is 127. The monoisotopic (exact) mass is 662 g/mol. The lowest BCUT2D eigenvalue weighted by atomic mass is 10.0. The summed E-state index contributed by atoms with van der Waals surface area (Å²) in [6.45, 7) is 2.41. The molecule has 0 aromatic carbocycles. The van der Waals surface area contributed by atoms with Crippen molar-refractivity contribution in [3.05, 3.63) is 12.2 Å². The number of rotatable bonds is 23. The molecule has 0 spiro atoms. The number of hydrogen-bond donors (Lipinski definition) is 0. The summed E-state index contributed by atoms with van der Waals surface area (Å²) in [5.74, 6) is -0.207. The van der Waals surface area contributed by atoms with Gasteiger partial charge >= 0.3 is 5.97 Å². The minimum Gasteiger partial charge on any atom is -0.463 e. The van der Waals surface area contributed by atoms with Gasteiger partial charge in [-0.25, -0.2) is 4.79 Å². The van der Waals surface area contributed by atoms with Gasteiger partial charge in [0.2, 0.25) is 0 Å². The average molecular weight is 663 g/mol. The molecule has 0 fully saturated rings. The van der Waals surface area contributed by atoms with E-state index in [2.05, 4.69) is 45.2 Å². The van der Waals surface area contributed by atoms with Crippen LogP contribution in [0.2, 0.25) is 6.04 Å². The van der Waals surface area contributed by atoms with E-state index in [1.165, 1.54) is 115 Å². The van der Waals surface area contributed by atoms with Crippen LogP contribution in [0.5, 0.6) is 0 Å². The molecule has 0 N–H and O–H groups in total. The zero-order valence-electron chi connectivity index (χ0n) is 19.7. The van der Waals surface area contributed by atoms with Crippen LogP contribution in [-0.4, -0.2) is 23.7 Å². The van der Waals surface area contributed by atoms with E-state index in [1.54, 1.807) is 12.1 Å². The fraction of sp³-hybridized carbons (Fsp3) is 0.880. The number of hydrogen-bond acceptors (Lipinski definition) is 2. The zero-order valence-corrected chi connectivity index (χ0v) is 25.4. The van der Waals surface area contributed by atoms with Crippen molar-refractivity contribution in [3.8, 4) is 0 Å². The van der Waals surface area contributed by atoms with Crippen LogP contribution in [-0.2, 0) is 9.53 Å². The number of unbranched alkanes of at least 4 members (excludes halogenated alkanes) is 17. The number of halogens is 2. The maximum absolute atomic E-state index is 11.2. The summed E-state index contributed by atoms with van der Waals surface area (Å²) in [6, 6.07) is 1.56. The number of ether oxygens (including phenoxy) is 1. The fourth-order valence-corrected chi connectivity index (χ4v) is 7.36. The largest absolute Gasteiger partial charge is 0.463 e. The molecule has 0 saturated carbocycles. The van der Waals surface area contributed by atoms with E-state index < -0.39 is 0 Å². The molecular weight excluding hydrogens is 614 g/mol. The van der Waals surface area contributed by atoms with Gasteiger partial charge in [-0.05, 0) is 13.3 Å². The number of carbonyl (C=O) groups excluding carboxylic acids is 1. The topological polar surface area (TPSA) is 26.3 Å². The van der Waals surface area contributed by atoms with E-state index in [0.717, 1.165) is 7.98 Å². The summed E-state index contributed by atoms with van der Waals surface area (Å²) < 4.78 is 6.06. The summed E-state index contributed by atoms with van der Waals surface area (Å²) in [5.41, 5.74) is 0. The third kappa shape index (κ3) is 26.9. The molecule has 5 heteroatoms. The number of alkyl halides is 2. The van der Waals surface area contributed by atoms with Crippen LogP contribution in [0.1, 0.15) is 122 Å². The Hall–Kier alpha value is 0.887. The first-order valence-corrected chi connectivity index (χ1v) is 17.0. The summed E-state index contributed by atoms with van der Waals surface area (Å²) in [7, 11) is 0.231. The Morgan fingerprint density at radius 3 is 1.43 bits per heavy atom. The van der Waals surface area contributed by atoms with E-state index in [-0.39, 0.29) is 15.5 Å². The third-order valence-corrected chi connectivity index (χ3v) is 10.7. The van der Waals surface area contributed by atoms with Gasteiger partial charge in [-0.3, -0.25) is 0 Å². The molecule has 178 valence electrons. The predicted molar refractivity (Wildman–Crippen MR) is 154 cm³/mol. The van der Waals surface area contributed by atoms with E-state index in [4.69, 9.17) is 4.74 Å². The van der Waals surface area contributed by atoms with Crippen molar-refractivity contribution in [1.29, 1.82) is 0 Å². The van der Waals surface area contributed by atoms with Crippen molar-refractivity contribution >= 4 is 60.7 Å². The van der Waals surface area contributed by atoms with Crippen molar-refractivity contribution in [1.82, 2.24) is 0 Å². The first-order chi connectivity index (χ1) is 14.7. The third-order valence-electron chi connectivity index (χ3n) is 5.61. The second kappa shape index (κ2) is 26.1. The second-order valence-electron chi connectivity index (χ2n) is 8.56. The number of carbonyl (C=O) groups is 1. The van der Waals surface area contributed by atoms with Crippen LogP contribution in [0.25, 0.3) is 0 Å². The molecule has 0 aromatic heterocycles. The van der Waals surface area contributed by atoms with Crippen molar-refractivity contribution in [2.45, 2.75) is 130 Å². The van der Waals surface area contributed by atoms with Gasteiger partial charge in [-0.15, -0.1) is 0 Å².